The zero-order valence-corrected chi connectivity index (χ0v) is 16.9. The van der Waals surface area contributed by atoms with Crippen molar-refractivity contribution < 1.29 is 9.21 Å². The molecule has 1 heterocycles. The van der Waals surface area contributed by atoms with E-state index in [4.69, 9.17) is 9.40 Å². The van der Waals surface area contributed by atoms with E-state index in [1.807, 2.05) is 97.9 Å². The molecule has 3 aromatic carbocycles. The van der Waals surface area contributed by atoms with Crippen molar-refractivity contribution >= 4 is 5.91 Å². The summed E-state index contributed by atoms with van der Waals surface area (Å²) < 4.78 is 6.10. The van der Waals surface area contributed by atoms with Crippen LogP contribution in [0, 0.1) is 0 Å². The number of carbonyl (C=O) groups excluding carboxylic acids is 1. The lowest BCUT2D eigenvalue weighted by Gasteiger charge is -2.13. The van der Waals surface area contributed by atoms with E-state index in [-0.39, 0.29) is 11.9 Å². The van der Waals surface area contributed by atoms with Gasteiger partial charge in [-0.25, -0.2) is 4.98 Å². The summed E-state index contributed by atoms with van der Waals surface area (Å²) in [4.78, 5) is 17.2. The number of oxazole rings is 1. The van der Waals surface area contributed by atoms with E-state index < -0.39 is 0 Å². The Hall–Kier alpha value is -3.66. The molecule has 1 atom stereocenters. The van der Waals surface area contributed by atoms with E-state index in [2.05, 4.69) is 5.32 Å². The van der Waals surface area contributed by atoms with Crippen molar-refractivity contribution in [1.29, 1.82) is 0 Å². The Bertz CT molecular complexity index is 1030. The topological polar surface area (TPSA) is 55.1 Å². The monoisotopic (exact) mass is 396 g/mol. The van der Waals surface area contributed by atoms with Gasteiger partial charge in [-0.1, -0.05) is 91.0 Å². The van der Waals surface area contributed by atoms with Gasteiger partial charge in [0.05, 0.1) is 6.04 Å². The standard InChI is InChI=1S/C26H24N2O2/c1-19(20-11-5-2-6-12-20)27-23(29)17-18-24-28-25(21-13-7-3-8-14-21)26(30-24)22-15-9-4-10-16-22/h2-16,19H,17-18H2,1H3,(H,27,29)/t19-/m0/s1. The molecule has 1 amide bonds. The highest BCUT2D eigenvalue weighted by molar-refractivity contribution is 5.78. The number of nitrogens with one attached hydrogen (secondary N) is 1. The zero-order chi connectivity index (χ0) is 20.8. The molecule has 0 aliphatic rings. The molecule has 1 N–H and O–H groups in total. The van der Waals surface area contributed by atoms with Crippen LogP contribution in [0.1, 0.15) is 30.8 Å². The molecular formula is C26H24N2O2. The zero-order valence-electron chi connectivity index (χ0n) is 16.9. The van der Waals surface area contributed by atoms with Gasteiger partial charge < -0.3 is 9.73 Å². The summed E-state index contributed by atoms with van der Waals surface area (Å²) in [5.41, 5.74) is 3.85. The van der Waals surface area contributed by atoms with Gasteiger partial charge in [-0.05, 0) is 12.5 Å². The van der Waals surface area contributed by atoms with Gasteiger partial charge in [-0.3, -0.25) is 4.79 Å². The maximum absolute atomic E-state index is 12.5. The molecule has 0 saturated carbocycles. The third-order valence-electron chi connectivity index (χ3n) is 5.00. The lowest BCUT2D eigenvalue weighted by molar-refractivity contribution is -0.121. The maximum atomic E-state index is 12.5. The van der Waals surface area contributed by atoms with Gasteiger partial charge in [0.2, 0.25) is 5.91 Å². The molecule has 0 radical (unpaired) electrons. The SMILES string of the molecule is C[C@H](NC(=O)CCc1nc(-c2ccccc2)c(-c2ccccc2)o1)c1ccccc1. The number of benzene rings is 3. The second-order valence-electron chi connectivity index (χ2n) is 7.22. The molecule has 30 heavy (non-hydrogen) atoms. The number of carbonyl (C=O) groups is 1. The van der Waals surface area contributed by atoms with E-state index in [0.717, 1.165) is 28.1 Å². The quantitative estimate of drug-likeness (QED) is 0.428. The highest BCUT2D eigenvalue weighted by atomic mass is 16.4. The number of hydrogen-bond donors (Lipinski definition) is 1. The number of hydrogen-bond acceptors (Lipinski definition) is 3. The van der Waals surface area contributed by atoms with Crippen molar-refractivity contribution in [1.82, 2.24) is 10.3 Å². The average molecular weight is 396 g/mol. The summed E-state index contributed by atoms with van der Waals surface area (Å²) in [5, 5.41) is 3.04. The smallest absolute Gasteiger partial charge is 0.220 e. The number of nitrogens with zero attached hydrogens (tertiary/aromatic N) is 1. The van der Waals surface area contributed by atoms with E-state index >= 15 is 0 Å². The van der Waals surface area contributed by atoms with Crippen molar-refractivity contribution in [2.24, 2.45) is 0 Å². The minimum Gasteiger partial charge on any atom is -0.440 e. The van der Waals surface area contributed by atoms with Crippen LogP contribution in [0.4, 0.5) is 0 Å². The van der Waals surface area contributed by atoms with Crippen LogP contribution in [-0.4, -0.2) is 10.9 Å². The van der Waals surface area contributed by atoms with Crippen LogP contribution in [0.25, 0.3) is 22.6 Å². The number of aryl methyl sites for hydroxylation is 1. The Morgan fingerprint density at radius 3 is 2.07 bits per heavy atom. The summed E-state index contributed by atoms with van der Waals surface area (Å²) in [5.74, 6) is 1.28. The molecule has 4 heteroatoms. The first-order valence-corrected chi connectivity index (χ1v) is 10.2. The summed E-state index contributed by atoms with van der Waals surface area (Å²) in [6.07, 6.45) is 0.764. The van der Waals surface area contributed by atoms with E-state index in [1.165, 1.54) is 0 Å². The van der Waals surface area contributed by atoms with Gasteiger partial charge in [-0.15, -0.1) is 0 Å². The number of amides is 1. The summed E-state index contributed by atoms with van der Waals surface area (Å²) in [6.45, 7) is 1.99. The fraction of sp³-hybridized carbons (Fsp3) is 0.154. The van der Waals surface area contributed by atoms with Crippen molar-refractivity contribution in [2.75, 3.05) is 0 Å². The minimum absolute atomic E-state index is 0.0212. The van der Waals surface area contributed by atoms with Crippen LogP contribution in [0.15, 0.2) is 95.4 Å². The Kier molecular flexibility index (Phi) is 6.04. The van der Waals surface area contributed by atoms with Gasteiger partial charge in [-0.2, -0.15) is 0 Å². The maximum Gasteiger partial charge on any atom is 0.220 e. The Balaban J connectivity index is 1.49. The first-order chi connectivity index (χ1) is 14.7. The van der Waals surface area contributed by atoms with Crippen molar-refractivity contribution in [3.8, 4) is 22.6 Å². The molecule has 150 valence electrons. The second kappa shape index (κ2) is 9.23. The van der Waals surface area contributed by atoms with E-state index in [9.17, 15) is 4.79 Å². The van der Waals surface area contributed by atoms with Crippen molar-refractivity contribution in [3.05, 3.63) is 102 Å². The molecule has 0 unspecified atom stereocenters. The molecule has 0 saturated heterocycles. The van der Waals surface area contributed by atoms with Crippen LogP contribution in [0.2, 0.25) is 0 Å². The fourth-order valence-corrected chi connectivity index (χ4v) is 3.41. The van der Waals surface area contributed by atoms with Crippen LogP contribution in [0.3, 0.4) is 0 Å². The normalized spacial score (nSPS) is 11.8. The average Bonchev–Trinajstić information content (AvgIpc) is 3.24. The molecule has 0 aliphatic heterocycles. The van der Waals surface area contributed by atoms with Gasteiger partial charge in [0.25, 0.3) is 0 Å². The molecule has 4 aromatic rings. The molecule has 1 aromatic heterocycles. The Labute approximate surface area is 176 Å². The predicted octanol–water partition coefficient (Wildman–Crippen LogP) is 5.82. The molecule has 4 nitrogen and oxygen atoms in total. The summed E-state index contributed by atoms with van der Waals surface area (Å²) in [7, 11) is 0. The van der Waals surface area contributed by atoms with Crippen molar-refractivity contribution in [2.45, 2.75) is 25.8 Å². The molecule has 0 aliphatic carbocycles. The van der Waals surface area contributed by atoms with Gasteiger partial charge >= 0.3 is 0 Å². The third kappa shape index (κ3) is 4.66. The lowest BCUT2D eigenvalue weighted by atomic mass is 10.1. The molecule has 0 fully saturated rings. The lowest BCUT2D eigenvalue weighted by Crippen LogP contribution is -2.26. The first-order valence-electron chi connectivity index (χ1n) is 10.2. The van der Waals surface area contributed by atoms with Gasteiger partial charge in [0, 0.05) is 24.0 Å². The van der Waals surface area contributed by atoms with Crippen LogP contribution >= 0.6 is 0 Å². The summed E-state index contributed by atoms with van der Waals surface area (Å²) >= 11 is 0. The Morgan fingerprint density at radius 1 is 0.867 bits per heavy atom. The van der Waals surface area contributed by atoms with Crippen LogP contribution in [0.5, 0.6) is 0 Å². The number of rotatable bonds is 7. The second-order valence-corrected chi connectivity index (χ2v) is 7.22. The highest BCUT2D eigenvalue weighted by Gasteiger charge is 2.18. The van der Waals surface area contributed by atoms with Crippen LogP contribution < -0.4 is 5.32 Å². The minimum atomic E-state index is -0.0389. The molecule has 4 rings (SSSR count). The van der Waals surface area contributed by atoms with Crippen LogP contribution in [-0.2, 0) is 11.2 Å². The number of aromatic nitrogens is 1. The third-order valence-corrected chi connectivity index (χ3v) is 5.00. The van der Waals surface area contributed by atoms with E-state index in [0.29, 0.717) is 18.7 Å². The van der Waals surface area contributed by atoms with Crippen molar-refractivity contribution in [3.63, 3.8) is 0 Å². The van der Waals surface area contributed by atoms with E-state index in [1.54, 1.807) is 0 Å². The summed E-state index contributed by atoms with van der Waals surface area (Å²) in [6, 6.07) is 29.8. The largest absolute Gasteiger partial charge is 0.440 e. The van der Waals surface area contributed by atoms with Gasteiger partial charge in [0.15, 0.2) is 11.7 Å². The van der Waals surface area contributed by atoms with Gasteiger partial charge in [0.1, 0.15) is 5.69 Å². The fourth-order valence-electron chi connectivity index (χ4n) is 3.41. The predicted molar refractivity (Wildman–Crippen MR) is 119 cm³/mol. The Morgan fingerprint density at radius 2 is 1.43 bits per heavy atom. The first kappa shape index (κ1) is 19.6. The molecular weight excluding hydrogens is 372 g/mol. The molecule has 0 bridgehead atoms. The highest BCUT2D eigenvalue weighted by Crippen LogP contribution is 2.32. The molecule has 0 spiro atoms.